The lowest BCUT2D eigenvalue weighted by Gasteiger charge is -2.27. The first-order valence-electron chi connectivity index (χ1n) is 8.35. The Labute approximate surface area is 129 Å². The Morgan fingerprint density at radius 1 is 1.14 bits per heavy atom. The minimum atomic E-state index is 0.346. The number of hydrogen-bond acceptors (Lipinski definition) is 3. The smallest absolute Gasteiger partial charge is 0.191 e. The van der Waals surface area contributed by atoms with Gasteiger partial charge in [-0.2, -0.15) is 0 Å². The van der Waals surface area contributed by atoms with E-state index in [4.69, 9.17) is 14.5 Å². The fourth-order valence-corrected chi connectivity index (χ4v) is 2.91. The summed E-state index contributed by atoms with van der Waals surface area (Å²) >= 11 is 0. The van der Waals surface area contributed by atoms with Crippen LogP contribution in [0.15, 0.2) is 4.99 Å². The first kappa shape index (κ1) is 18.2. The highest BCUT2D eigenvalue weighted by Crippen LogP contribution is 2.41. The number of hydrogen-bond donors (Lipinski definition) is 2. The van der Waals surface area contributed by atoms with Crippen LogP contribution >= 0.6 is 0 Å². The third-order valence-electron chi connectivity index (χ3n) is 4.16. The lowest BCUT2D eigenvalue weighted by Crippen LogP contribution is -2.40. The third-order valence-corrected chi connectivity index (χ3v) is 4.16. The molecule has 0 spiro atoms. The fourth-order valence-electron chi connectivity index (χ4n) is 2.91. The van der Waals surface area contributed by atoms with Crippen LogP contribution in [0.3, 0.4) is 0 Å². The Balaban J connectivity index is 2.48. The molecule has 0 atom stereocenters. The van der Waals surface area contributed by atoms with Gasteiger partial charge in [0.05, 0.1) is 6.61 Å². The Kier molecular flexibility index (Phi) is 9.42. The summed E-state index contributed by atoms with van der Waals surface area (Å²) in [7, 11) is 1.78. The Morgan fingerprint density at radius 3 is 2.52 bits per heavy atom. The van der Waals surface area contributed by atoms with Gasteiger partial charge in [-0.3, -0.25) is 4.99 Å². The molecule has 0 bridgehead atoms. The van der Waals surface area contributed by atoms with E-state index in [1.165, 1.54) is 25.7 Å². The second-order valence-corrected chi connectivity index (χ2v) is 5.77. The van der Waals surface area contributed by atoms with Crippen molar-refractivity contribution in [1.82, 2.24) is 10.6 Å². The van der Waals surface area contributed by atoms with Gasteiger partial charge in [0.1, 0.15) is 0 Å². The van der Waals surface area contributed by atoms with Crippen molar-refractivity contribution in [3.05, 3.63) is 0 Å². The molecule has 5 nitrogen and oxygen atoms in total. The minimum absolute atomic E-state index is 0.346. The van der Waals surface area contributed by atoms with Crippen molar-refractivity contribution < 1.29 is 9.47 Å². The quantitative estimate of drug-likeness (QED) is 0.369. The first-order valence-corrected chi connectivity index (χ1v) is 8.35. The maximum atomic E-state index is 5.35. The normalized spacial score (nSPS) is 18.0. The predicted octanol–water partition coefficient (Wildman–Crippen LogP) is 2.17. The molecule has 0 amide bonds. The van der Waals surface area contributed by atoms with Crippen LogP contribution in [0.2, 0.25) is 0 Å². The molecular weight excluding hydrogens is 266 g/mol. The van der Waals surface area contributed by atoms with Crippen molar-refractivity contribution in [3.8, 4) is 0 Å². The minimum Gasteiger partial charge on any atom is -0.385 e. The highest BCUT2D eigenvalue weighted by atomic mass is 16.5. The first-order chi connectivity index (χ1) is 10.3. The van der Waals surface area contributed by atoms with Crippen molar-refractivity contribution in [2.45, 2.75) is 46.0 Å². The maximum Gasteiger partial charge on any atom is 0.191 e. The van der Waals surface area contributed by atoms with Gasteiger partial charge in [-0.05, 0) is 38.5 Å². The molecule has 0 heterocycles. The number of ether oxygens (including phenoxy) is 2. The molecular formula is C16H33N3O2. The number of rotatable bonds is 10. The van der Waals surface area contributed by atoms with Gasteiger partial charge in [0.25, 0.3) is 0 Å². The zero-order chi connectivity index (χ0) is 15.4. The highest BCUT2D eigenvalue weighted by molar-refractivity contribution is 5.79. The van der Waals surface area contributed by atoms with Crippen LogP contribution in [0.4, 0.5) is 0 Å². The average Bonchev–Trinajstić information content (AvgIpc) is 2.96. The van der Waals surface area contributed by atoms with Crippen LogP contribution in [-0.2, 0) is 9.47 Å². The zero-order valence-electron chi connectivity index (χ0n) is 14.0. The molecule has 1 aliphatic carbocycles. The van der Waals surface area contributed by atoms with Gasteiger partial charge in [-0.25, -0.2) is 0 Å². The monoisotopic (exact) mass is 299 g/mol. The molecule has 5 heteroatoms. The molecule has 0 aromatic heterocycles. The summed E-state index contributed by atoms with van der Waals surface area (Å²) in [6, 6.07) is 0. The molecule has 0 radical (unpaired) electrons. The van der Waals surface area contributed by atoms with Crippen molar-refractivity contribution in [2.75, 3.05) is 46.6 Å². The topological polar surface area (TPSA) is 54.9 Å². The van der Waals surface area contributed by atoms with Crippen LogP contribution in [-0.4, -0.2) is 52.5 Å². The van der Waals surface area contributed by atoms with E-state index >= 15 is 0 Å². The summed E-state index contributed by atoms with van der Waals surface area (Å²) in [5.41, 5.74) is 0.346. The molecule has 0 aromatic rings. The third kappa shape index (κ3) is 7.14. The van der Waals surface area contributed by atoms with Gasteiger partial charge in [-0.15, -0.1) is 0 Å². The number of nitrogens with zero attached hydrogens (tertiary/aromatic N) is 1. The standard InChI is InChI=1S/C16H33N3O2/c1-4-17-15(18-11-13-21-5-2)19-14-16(10-12-20-3)8-6-7-9-16/h4-14H2,1-3H3,(H2,17,18,19). The molecule has 124 valence electrons. The maximum absolute atomic E-state index is 5.35. The molecule has 1 saturated carbocycles. The van der Waals surface area contributed by atoms with Gasteiger partial charge < -0.3 is 20.1 Å². The highest BCUT2D eigenvalue weighted by Gasteiger charge is 2.33. The van der Waals surface area contributed by atoms with Crippen molar-refractivity contribution in [1.29, 1.82) is 0 Å². The second-order valence-electron chi connectivity index (χ2n) is 5.77. The summed E-state index contributed by atoms with van der Waals surface area (Å²) in [4.78, 5) is 4.80. The lowest BCUT2D eigenvalue weighted by atomic mass is 9.83. The Morgan fingerprint density at radius 2 is 1.90 bits per heavy atom. The predicted molar refractivity (Wildman–Crippen MR) is 87.9 cm³/mol. The summed E-state index contributed by atoms with van der Waals surface area (Å²) in [6.07, 6.45) is 6.32. The van der Waals surface area contributed by atoms with Gasteiger partial charge in [0.2, 0.25) is 0 Å². The molecule has 1 fully saturated rings. The Hall–Kier alpha value is -0.810. The van der Waals surface area contributed by atoms with Gasteiger partial charge >= 0.3 is 0 Å². The van der Waals surface area contributed by atoms with Crippen LogP contribution < -0.4 is 10.6 Å². The van der Waals surface area contributed by atoms with E-state index in [1.54, 1.807) is 7.11 Å². The summed E-state index contributed by atoms with van der Waals surface area (Å²) in [5, 5.41) is 6.64. The van der Waals surface area contributed by atoms with Gasteiger partial charge in [0.15, 0.2) is 5.96 Å². The number of guanidine groups is 1. The molecule has 0 aliphatic heterocycles. The number of methoxy groups -OCH3 is 1. The summed E-state index contributed by atoms with van der Waals surface area (Å²) < 4.78 is 10.6. The molecule has 21 heavy (non-hydrogen) atoms. The number of aliphatic imine (C=N–C) groups is 1. The van der Waals surface area contributed by atoms with Gasteiger partial charge in [-0.1, -0.05) is 12.8 Å². The van der Waals surface area contributed by atoms with Crippen molar-refractivity contribution in [3.63, 3.8) is 0 Å². The molecule has 1 aliphatic rings. The summed E-state index contributed by atoms with van der Waals surface area (Å²) in [5.74, 6) is 0.904. The fraction of sp³-hybridized carbons (Fsp3) is 0.938. The molecule has 2 N–H and O–H groups in total. The van der Waals surface area contributed by atoms with E-state index in [0.29, 0.717) is 5.41 Å². The van der Waals surface area contributed by atoms with Crippen LogP contribution in [0.25, 0.3) is 0 Å². The van der Waals surface area contributed by atoms with E-state index in [9.17, 15) is 0 Å². The van der Waals surface area contributed by atoms with E-state index in [-0.39, 0.29) is 0 Å². The molecule has 0 unspecified atom stereocenters. The van der Waals surface area contributed by atoms with E-state index in [0.717, 1.165) is 51.8 Å². The van der Waals surface area contributed by atoms with Crippen LogP contribution in [0.1, 0.15) is 46.0 Å². The molecule has 0 saturated heterocycles. The van der Waals surface area contributed by atoms with E-state index in [1.807, 2.05) is 6.92 Å². The van der Waals surface area contributed by atoms with E-state index < -0.39 is 0 Å². The van der Waals surface area contributed by atoms with Gasteiger partial charge in [0, 0.05) is 40.0 Å². The largest absolute Gasteiger partial charge is 0.385 e. The summed E-state index contributed by atoms with van der Waals surface area (Å²) in [6.45, 7) is 8.99. The Bertz CT molecular complexity index is 289. The molecule has 0 aromatic carbocycles. The van der Waals surface area contributed by atoms with Crippen LogP contribution in [0.5, 0.6) is 0 Å². The average molecular weight is 299 g/mol. The molecule has 1 rings (SSSR count). The van der Waals surface area contributed by atoms with Crippen molar-refractivity contribution in [2.24, 2.45) is 10.4 Å². The second kappa shape index (κ2) is 10.9. The number of nitrogens with one attached hydrogen (secondary N) is 2. The van der Waals surface area contributed by atoms with E-state index in [2.05, 4.69) is 17.6 Å². The van der Waals surface area contributed by atoms with Crippen LogP contribution in [0, 0.1) is 5.41 Å². The SMILES string of the molecule is CCNC(=NCC1(CCOC)CCCC1)NCCOCC. The van der Waals surface area contributed by atoms with Crippen molar-refractivity contribution >= 4 is 5.96 Å². The zero-order valence-corrected chi connectivity index (χ0v) is 14.0. The lowest BCUT2D eigenvalue weighted by molar-refractivity contribution is 0.141.